The van der Waals surface area contributed by atoms with Gasteiger partial charge in [0, 0.05) is 51.7 Å². The Balaban J connectivity index is 1.45. The van der Waals surface area contributed by atoms with E-state index in [0.29, 0.717) is 36.9 Å². The molecule has 4 rings (SSSR count). The van der Waals surface area contributed by atoms with Crippen LogP contribution < -0.4 is 9.80 Å². The van der Waals surface area contributed by atoms with Crippen LogP contribution in [0.2, 0.25) is 5.02 Å². The molecule has 0 aliphatic carbocycles. The highest BCUT2D eigenvalue weighted by molar-refractivity contribution is 6.33. The third-order valence-corrected chi connectivity index (χ3v) is 5.32. The first kappa shape index (κ1) is 18.9. The number of ether oxygens (including phenoxy) is 1. The molecular formula is C19H23ClN6O2. The Morgan fingerprint density at radius 2 is 1.86 bits per heavy atom. The van der Waals surface area contributed by atoms with E-state index in [4.69, 9.17) is 16.3 Å². The number of nitrogens with zero attached hydrogens (tertiary/aromatic N) is 6. The quantitative estimate of drug-likeness (QED) is 0.773. The van der Waals surface area contributed by atoms with Gasteiger partial charge in [-0.2, -0.15) is 5.10 Å². The zero-order valence-electron chi connectivity index (χ0n) is 15.6. The van der Waals surface area contributed by atoms with Crippen molar-refractivity contribution in [1.29, 1.82) is 0 Å². The molecule has 0 radical (unpaired) electrons. The first-order valence-electron chi connectivity index (χ1n) is 9.52. The molecule has 2 saturated heterocycles. The molecule has 0 N–H and O–H groups in total. The Morgan fingerprint density at radius 1 is 1.07 bits per heavy atom. The van der Waals surface area contributed by atoms with Crippen molar-refractivity contribution in [3.63, 3.8) is 0 Å². The van der Waals surface area contributed by atoms with Gasteiger partial charge in [-0.15, -0.1) is 5.10 Å². The van der Waals surface area contributed by atoms with Gasteiger partial charge in [-0.3, -0.25) is 4.79 Å². The summed E-state index contributed by atoms with van der Waals surface area (Å²) < 4.78 is 5.31. The van der Waals surface area contributed by atoms with E-state index in [1.807, 2.05) is 12.1 Å². The maximum absolute atomic E-state index is 12.6. The van der Waals surface area contributed by atoms with E-state index in [1.54, 1.807) is 23.4 Å². The zero-order valence-corrected chi connectivity index (χ0v) is 16.4. The van der Waals surface area contributed by atoms with Gasteiger partial charge < -0.3 is 19.4 Å². The topological polar surface area (TPSA) is 74.7 Å². The van der Waals surface area contributed by atoms with E-state index in [-0.39, 0.29) is 5.91 Å². The van der Waals surface area contributed by atoms with Gasteiger partial charge >= 0.3 is 0 Å². The van der Waals surface area contributed by atoms with Gasteiger partial charge in [0.1, 0.15) is 5.82 Å². The van der Waals surface area contributed by atoms with Crippen LogP contribution in [0.4, 0.5) is 11.6 Å². The SMILES string of the molecule is O=C(c1cnc(N2CCCN(c3cccnn3)CC2)c(Cl)c1)N1CCOCC1. The van der Waals surface area contributed by atoms with Crippen LogP contribution in [-0.2, 0) is 4.74 Å². The van der Waals surface area contributed by atoms with Crippen molar-refractivity contribution in [2.75, 3.05) is 62.3 Å². The van der Waals surface area contributed by atoms with E-state index in [9.17, 15) is 4.79 Å². The molecule has 0 bridgehead atoms. The fraction of sp³-hybridized carbons (Fsp3) is 0.474. The molecule has 0 aromatic carbocycles. The molecule has 2 aromatic heterocycles. The second-order valence-corrected chi connectivity index (χ2v) is 7.25. The monoisotopic (exact) mass is 402 g/mol. The summed E-state index contributed by atoms with van der Waals surface area (Å²) in [6, 6.07) is 5.60. The molecule has 0 atom stereocenters. The number of hydrogen-bond acceptors (Lipinski definition) is 7. The van der Waals surface area contributed by atoms with Crippen LogP contribution in [0.3, 0.4) is 0 Å². The Morgan fingerprint density at radius 3 is 2.61 bits per heavy atom. The summed E-state index contributed by atoms with van der Waals surface area (Å²) in [5.74, 6) is 1.56. The summed E-state index contributed by atoms with van der Waals surface area (Å²) in [5.41, 5.74) is 0.520. The normalized spacial score (nSPS) is 18.1. The number of carbonyl (C=O) groups is 1. The van der Waals surface area contributed by atoms with Crippen LogP contribution >= 0.6 is 11.6 Å². The minimum atomic E-state index is -0.0473. The molecule has 28 heavy (non-hydrogen) atoms. The minimum Gasteiger partial charge on any atom is -0.378 e. The van der Waals surface area contributed by atoms with Crippen molar-refractivity contribution < 1.29 is 9.53 Å². The van der Waals surface area contributed by atoms with Gasteiger partial charge in [0.25, 0.3) is 5.91 Å². The number of pyridine rings is 1. The highest BCUT2D eigenvalue weighted by Gasteiger charge is 2.22. The Labute approximate surface area is 169 Å². The van der Waals surface area contributed by atoms with Crippen LogP contribution in [0.25, 0.3) is 0 Å². The lowest BCUT2D eigenvalue weighted by atomic mass is 10.2. The minimum absolute atomic E-state index is 0.0473. The van der Waals surface area contributed by atoms with Crippen molar-refractivity contribution in [3.05, 3.63) is 41.2 Å². The molecule has 2 aromatic rings. The van der Waals surface area contributed by atoms with E-state index in [2.05, 4.69) is 25.0 Å². The molecule has 9 heteroatoms. The lowest BCUT2D eigenvalue weighted by molar-refractivity contribution is 0.0302. The van der Waals surface area contributed by atoms with E-state index < -0.39 is 0 Å². The lowest BCUT2D eigenvalue weighted by Crippen LogP contribution is -2.40. The summed E-state index contributed by atoms with van der Waals surface area (Å²) in [7, 11) is 0. The molecule has 4 heterocycles. The highest BCUT2D eigenvalue weighted by Crippen LogP contribution is 2.26. The predicted molar refractivity (Wildman–Crippen MR) is 107 cm³/mol. The maximum Gasteiger partial charge on any atom is 0.255 e. The highest BCUT2D eigenvalue weighted by atomic mass is 35.5. The largest absolute Gasteiger partial charge is 0.378 e. The summed E-state index contributed by atoms with van der Waals surface area (Å²) in [5, 5.41) is 8.67. The van der Waals surface area contributed by atoms with Gasteiger partial charge in [0.15, 0.2) is 5.82 Å². The van der Waals surface area contributed by atoms with Crippen molar-refractivity contribution in [3.8, 4) is 0 Å². The molecule has 0 saturated carbocycles. The first-order chi connectivity index (χ1) is 13.7. The molecule has 0 unspecified atom stereocenters. The third-order valence-electron chi connectivity index (χ3n) is 5.04. The first-order valence-corrected chi connectivity index (χ1v) is 9.90. The molecular weight excluding hydrogens is 380 g/mol. The summed E-state index contributed by atoms with van der Waals surface area (Å²) >= 11 is 6.52. The van der Waals surface area contributed by atoms with Crippen LogP contribution in [0.1, 0.15) is 16.8 Å². The van der Waals surface area contributed by atoms with Gasteiger partial charge in [0.05, 0.1) is 23.8 Å². The third kappa shape index (κ3) is 4.18. The Hall–Kier alpha value is -2.45. The smallest absolute Gasteiger partial charge is 0.255 e. The summed E-state index contributed by atoms with van der Waals surface area (Å²) in [6.45, 7) is 5.68. The van der Waals surface area contributed by atoms with Crippen LogP contribution in [-0.4, -0.2) is 78.5 Å². The van der Waals surface area contributed by atoms with E-state index in [0.717, 1.165) is 44.2 Å². The van der Waals surface area contributed by atoms with Crippen molar-refractivity contribution in [2.45, 2.75) is 6.42 Å². The number of anilines is 2. The van der Waals surface area contributed by atoms with E-state index >= 15 is 0 Å². The lowest BCUT2D eigenvalue weighted by Gasteiger charge is -2.27. The number of morpholine rings is 1. The van der Waals surface area contributed by atoms with Crippen LogP contribution in [0, 0.1) is 0 Å². The molecule has 8 nitrogen and oxygen atoms in total. The summed E-state index contributed by atoms with van der Waals surface area (Å²) in [4.78, 5) is 23.3. The standard InChI is InChI=1S/C19H23ClN6O2/c20-16-13-15(19(27)26-9-11-28-12-10-26)14-21-18(16)25-6-2-5-24(7-8-25)17-3-1-4-22-23-17/h1,3-4,13-14H,2,5-12H2. The maximum atomic E-state index is 12.6. The van der Waals surface area contributed by atoms with Crippen LogP contribution in [0.5, 0.6) is 0 Å². The predicted octanol–water partition coefficient (Wildman–Crippen LogP) is 1.71. The molecule has 2 fully saturated rings. The Kier molecular flexibility index (Phi) is 5.87. The fourth-order valence-electron chi connectivity index (χ4n) is 3.55. The second-order valence-electron chi connectivity index (χ2n) is 6.84. The average Bonchev–Trinajstić information content (AvgIpc) is 3.00. The number of rotatable bonds is 3. The molecule has 0 spiro atoms. The van der Waals surface area contributed by atoms with Crippen molar-refractivity contribution in [2.24, 2.45) is 0 Å². The molecule has 148 valence electrons. The van der Waals surface area contributed by atoms with Gasteiger partial charge in [0.2, 0.25) is 0 Å². The molecule has 1 amide bonds. The molecule has 2 aliphatic rings. The Bertz CT molecular complexity index is 815. The summed E-state index contributed by atoms with van der Waals surface area (Å²) in [6.07, 6.45) is 4.27. The number of amides is 1. The zero-order chi connectivity index (χ0) is 19.3. The van der Waals surface area contributed by atoms with Gasteiger partial charge in [-0.25, -0.2) is 4.98 Å². The van der Waals surface area contributed by atoms with Crippen molar-refractivity contribution >= 4 is 29.1 Å². The van der Waals surface area contributed by atoms with Gasteiger partial charge in [-0.1, -0.05) is 11.6 Å². The molecule has 2 aliphatic heterocycles. The van der Waals surface area contributed by atoms with E-state index in [1.165, 1.54) is 0 Å². The van der Waals surface area contributed by atoms with Gasteiger partial charge in [-0.05, 0) is 24.6 Å². The van der Waals surface area contributed by atoms with Crippen LogP contribution in [0.15, 0.2) is 30.6 Å². The number of carbonyl (C=O) groups excluding carboxylic acids is 1. The number of aromatic nitrogens is 3. The average molecular weight is 403 g/mol. The fourth-order valence-corrected chi connectivity index (χ4v) is 3.84. The second kappa shape index (κ2) is 8.70. The number of halogens is 1. The van der Waals surface area contributed by atoms with Crippen molar-refractivity contribution in [1.82, 2.24) is 20.1 Å². The number of hydrogen-bond donors (Lipinski definition) is 0.